The third-order valence-electron chi connectivity index (χ3n) is 5.96. The summed E-state index contributed by atoms with van der Waals surface area (Å²) in [5.41, 5.74) is 0. The van der Waals surface area contributed by atoms with E-state index in [-0.39, 0.29) is 76.0 Å². The van der Waals surface area contributed by atoms with Gasteiger partial charge >= 0.3 is 11.9 Å². The molecule has 15 heteroatoms. The summed E-state index contributed by atoms with van der Waals surface area (Å²) >= 11 is 0. The van der Waals surface area contributed by atoms with E-state index in [9.17, 15) is 43.8 Å². The fourth-order valence-electron chi connectivity index (χ4n) is 3.37. The fraction of sp³-hybridized carbons (Fsp3) is 0.731. The molecule has 8 N–H and O–H groups in total. The predicted octanol–water partition coefficient (Wildman–Crippen LogP) is -0.977. The Labute approximate surface area is 239 Å². The molecule has 0 aliphatic rings. The van der Waals surface area contributed by atoms with Crippen LogP contribution in [0.3, 0.4) is 0 Å². The normalized spacial score (nSPS) is 12.8. The van der Waals surface area contributed by atoms with Crippen LogP contribution in [0.5, 0.6) is 0 Å². The van der Waals surface area contributed by atoms with Crippen molar-refractivity contribution in [3.05, 3.63) is 0 Å². The molecule has 15 nitrogen and oxygen atoms in total. The molecule has 234 valence electrons. The molecule has 41 heavy (non-hydrogen) atoms. The molecule has 5 amide bonds. The van der Waals surface area contributed by atoms with Crippen LogP contribution in [-0.2, 0) is 33.6 Å². The van der Waals surface area contributed by atoms with Crippen molar-refractivity contribution in [2.24, 2.45) is 5.92 Å². The van der Waals surface area contributed by atoms with Crippen molar-refractivity contribution in [1.29, 1.82) is 0 Å². The maximum atomic E-state index is 12.2. The lowest BCUT2D eigenvalue weighted by atomic mass is 10.1. The van der Waals surface area contributed by atoms with Gasteiger partial charge in [-0.1, -0.05) is 20.3 Å². The van der Waals surface area contributed by atoms with Gasteiger partial charge in [0.2, 0.25) is 29.5 Å². The van der Waals surface area contributed by atoms with E-state index in [1.165, 1.54) is 0 Å². The quantitative estimate of drug-likeness (QED) is 0.0680. The molecule has 0 fully saturated rings. The molecule has 3 atom stereocenters. The van der Waals surface area contributed by atoms with Crippen molar-refractivity contribution in [2.45, 2.75) is 90.1 Å². The van der Waals surface area contributed by atoms with Crippen LogP contribution in [0, 0.1) is 5.92 Å². The van der Waals surface area contributed by atoms with Crippen molar-refractivity contribution >= 4 is 41.5 Å². The smallest absolute Gasteiger partial charge is 0.326 e. The zero-order chi connectivity index (χ0) is 31.2. The van der Waals surface area contributed by atoms with Crippen LogP contribution >= 0.6 is 0 Å². The number of nitrogens with one attached hydrogen (secondary N) is 5. The third kappa shape index (κ3) is 19.9. The van der Waals surface area contributed by atoms with E-state index in [1.807, 2.05) is 6.92 Å². The van der Waals surface area contributed by atoms with Gasteiger partial charge in [-0.15, -0.1) is 0 Å². The number of carboxylic acids is 2. The lowest BCUT2D eigenvalue weighted by Gasteiger charge is -2.17. The fourth-order valence-corrected chi connectivity index (χ4v) is 3.37. The van der Waals surface area contributed by atoms with Gasteiger partial charge in [0.15, 0.2) is 0 Å². The van der Waals surface area contributed by atoms with Gasteiger partial charge in [0.1, 0.15) is 12.1 Å². The minimum Gasteiger partial charge on any atom is -0.480 e. The third-order valence-corrected chi connectivity index (χ3v) is 5.96. The number of carbonyl (C=O) groups is 7. The Morgan fingerprint density at radius 3 is 1.59 bits per heavy atom. The lowest BCUT2D eigenvalue weighted by Crippen LogP contribution is -2.44. The number of hydrogen-bond acceptors (Lipinski definition) is 8. The minimum absolute atomic E-state index is 0.00592. The number of hydrogen-bond donors (Lipinski definition) is 8. The van der Waals surface area contributed by atoms with Gasteiger partial charge in [-0.05, 0) is 38.0 Å². The van der Waals surface area contributed by atoms with E-state index < -0.39 is 41.7 Å². The van der Waals surface area contributed by atoms with Crippen LogP contribution in [0.4, 0.5) is 0 Å². The summed E-state index contributed by atoms with van der Waals surface area (Å²) < 4.78 is 0. The Kier molecular flexibility index (Phi) is 20.0. The highest BCUT2D eigenvalue weighted by atomic mass is 16.4. The molecule has 0 saturated heterocycles. The van der Waals surface area contributed by atoms with Gasteiger partial charge in [0, 0.05) is 45.4 Å². The van der Waals surface area contributed by atoms with Crippen LogP contribution in [-0.4, -0.2) is 95.1 Å². The first kappa shape index (κ1) is 37.2. The van der Waals surface area contributed by atoms with E-state index >= 15 is 0 Å². The summed E-state index contributed by atoms with van der Waals surface area (Å²) in [4.78, 5) is 82.6. The summed E-state index contributed by atoms with van der Waals surface area (Å²) in [5.74, 6) is -5.26. The van der Waals surface area contributed by atoms with Crippen LogP contribution < -0.4 is 26.6 Å². The van der Waals surface area contributed by atoms with Gasteiger partial charge in [0.25, 0.3) is 0 Å². The molecule has 0 saturated carbocycles. The summed E-state index contributed by atoms with van der Waals surface area (Å²) in [5, 5.41) is 40.0. The molecule has 0 aromatic heterocycles. The van der Waals surface area contributed by atoms with Gasteiger partial charge in [0.05, 0.1) is 6.54 Å². The van der Waals surface area contributed by atoms with Crippen molar-refractivity contribution < 1.29 is 48.9 Å². The largest absolute Gasteiger partial charge is 0.480 e. The van der Waals surface area contributed by atoms with Gasteiger partial charge in [-0.25, -0.2) is 9.59 Å². The zero-order valence-electron chi connectivity index (χ0n) is 23.8. The standard InChI is InChI=1S/C26H45N5O10/c1-3-4-13-28-24(37)15-29-20(33)6-5-14-27-21(34)11-8-18(25(38)39)31-23(36)12-9-19(26(40)41)30-22(35)10-7-17(2)16-32/h17-19,32H,3-16H2,1-2H3,(H,27,34)(H,28,37)(H,29,33)(H,30,35)(H,31,36)(H,38,39)(H,40,41). The van der Waals surface area contributed by atoms with Crippen molar-refractivity contribution in [1.82, 2.24) is 26.6 Å². The molecule has 3 unspecified atom stereocenters. The number of aliphatic hydroxyl groups excluding tert-OH is 1. The molecule has 0 radical (unpaired) electrons. The molecule has 0 aliphatic carbocycles. The highest BCUT2D eigenvalue weighted by molar-refractivity contribution is 5.87. The first-order valence-corrected chi connectivity index (χ1v) is 13.8. The highest BCUT2D eigenvalue weighted by Gasteiger charge is 2.24. The Morgan fingerprint density at radius 1 is 0.610 bits per heavy atom. The number of carboxylic acid groups (broad SMARTS) is 2. The monoisotopic (exact) mass is 587 g/mol. The van der Waals surface area contributed by atoms with Gasteiger partial charge < -0.3 is 41.9 Å². The van der Waals surface area contributed by atoms with E-state index in [1.54, 1.807) is 6.92 Å². The molecule has 0 aromatic rings. The number of rotatable bonds is 23. The van der Waals surface area contributed by atoms with Crippen LogP contribution in [0.2, 0.25) is 0 Å². The molecule has 0 aliphatic heterocycles. The Bertz CT molecular complexity index is 883. The molecular weight excluding hydrogens is 542 g/mol. The van der Waals surface area contributed by atoms with Crippen LogP contribution in [0.15, 0.2) is 0 Å². The maximum Gasteiger partial charge on any atom is 0.326 e. The second-order valence-corrected chi connectivity index (χ2v) is 9.75. The van der Waals surface area contributed by atoms with E-state index in [2.05, 4.69) is 26.6 Å². The number of amides is 5. The zero-order valence-corrected chi connectivity index (χ0v) is 23.8. The number of unbranched alkanes of at least 4 members (excludes halogenated alkanes) is 1. The SMILES string of the molecule is CCCCNC(=O)CNC(=O)CCCNC(=O)CCC(NC(=O)CCC(NC(=O)CCC(C)CO)C(=O)O)C(=O)O. The van der Waals surface area contributed by atoms with E-state index in [0.29, 0.717) is 19.4 Å². The van der Waals surface area contributed by atoms with E-state index in [0.717, 1.165) is 12.8 Å². The number of aliphatic carboxylic acids is 2. The highest BCUT2D eigenvalue weighted by Crippen LogP contribution is 2.06. The predicted molar refractivity (Wildman–Crippen MR) is 146 cm³/mol. The molecule has 0 bridgehead atoms. The first-order valence-electron chi connectivity index (χ1n) is 13.8. The second kappa shape index (κ2) is 22.0. The summed E-state index contributed by atoms with van der Waals surface area (Å²) in [7, 11) is 0. The van der Waals surface area contributed by atoms with E-state index in [4.69, 9.17) is 5.11 Å². The molecule has 0 spiro atoms. The maximum absolute atomic E-state index is 12.2. The van der Waals surface area contributed by atoms with Crippen LogP contribution in [0.25, 0.3) is 0 Å². The lowest BCUT2D eigenvalue weighted by molar-refractivity contribution is -0.143. The van der Waals surface area contributed by atoms with Gasteiger partial charge in [-0.2, -0.15) is 0 Å². The molecular formula is C26H45N5O10. The summed E-state index contributed by atoms with van der Waals surface area (Å²) in [6, 6.07) is -2.74. The first-order chi connectivity index (χ1) is 19.4. The average Bonchev–Trinajstić information content (AvgIpc) is 2.92. The number of aliphatic hydroxyl groups is 1. The van der Waals surface area contributed by atoms with Crippen LogP contribution in [0.1, 0.15) is 78.1 Å². The minimum atomic E-state index is -1.39. The second-order valence-electron chi connectivity index (χ2n) is 9.75. The van der Waals surface area contributed by atoms with Crippen molar-refractivity contribution in [3.8, 4) is 0 Å². The Hall–Kier alpha value is -3.75. The Balaban J connectivity index is 4.36. The molecule has 0 rings (SSSR count). The van der Waals surface area contributed by atoms with Crippen molar-refractivity contribution in [2.75, 3.05) is 26.2 Å². The average molecular weight is 588 g/mol. The summed E-state index contributed by atoms with van der Waals surface area (Å²) in [6.45, 7) is 4.18. The summed E-state index contributed by atoms with van der Waals surface area (Å²) in [6.07, 6.45) is 1.45. The Morgan fingerprint density at radius 2 is 1.07 bits per heavy atom. The molecule has 0 heterocycles. The van der Waals surface area contributed by atoms with Gasteiger partial charge in [-0.3, -0.25) is 24.0 Å². The van der Waals surface area contributed by atoms with Crippen molar-refractivity contribution in [3.63, 3.8) is 0 Å². The topological polar surface area (TPSA) is 240 Å². The molecule has 0 aromatic carbocycles. The number of carbonyl (C=O) groups excluding carboxylic acids is 5.